The third-order valence-electron chi connectivity index (χ3n) is 2.47. The van der Waals surface area contributed by atoms with E-state index < -0.39 is 30.0 Å². The number of hydrogen-bond donors (Lipinski definition) is 7. The molecule has 0 fully saturated rings. The van der Waals surface area contributed by atoms with Crippen molar-refractivity contribution in [3.63, 3.8) is 0 Å². The number of hydroxylamine groups is 1. The third-order valence-corrected chi connectivity index (χ3v) is 2.47. The highest BCUT2D eigenvalue weighted by Gasteiger charge is 2.15. The molecule has 0 aromatic carbocycles. The number of nitrogens with two attached hydrogens (primary N) is 4. The number of aliphatic carboxylic acids is 2. The molecule has 140 valence electrons. The number of aliphatic imine (C=N–C) groups is 1. The van der Waals surface area contributed by atoms with Crippen LogP contribution in [0.25, 0.3) is 0 Å². The molecule has 0 heterocycles. The molecule has 0 aromatic rings. The first kappa shape index (κ1) is 23.8. The normalized spacial score (nSPS) is 12.1. The number of rotatable bonds is 10. The summed E-state index contributed by atoms with van der Waals surface area (Å²) >= 11 is 0. The maximum absolute atomic E-state index is 10.5. The van der Waals surface area contributed by atoms with Crippen LogP contribution < -0.4 is 28.4 Å². The average Bonchev–Trinajstić information content (AvgIpc) is 2.51. The molecule has 0 saturated heterocycles. The second kappa shape index (κ2) is 14.2. The van der Waals surface area contributed by atoms with Crippen molar-refractivity contribution in [2.75, 3.05) is 13.1 Å². The molecule has 0 aliphatic carbocycles. The van der Waals surface area contributed by atoms with Crippen LogP contribution >= 0.6 is 0 Å². The minimum atomic E-state index is -1.07. The fourth-order valence-electron chi connectivity index (χ4n) is 1.13. The van der Waals surface area contributed by atoms with Crippen LogP contribution in [0, 0.1) is 0 Å². The van der Waals surface area contributed by atoms with Gasteiger partial charge in [-0.1, -0.05) is 6.92 Å². The summed E-state index contributed by atoms with van der Waals surface area (Å²) in [6.45, 7) is 1.80. The summed E-state index contributed by atoms with van der Waals surface area (Å²) in [4.78, 5) is 39.0. The highest BCUT2D eigenvalue weighted by Crippen LogP contribution is 1.94. The lowest BCUT2D eigenvalue weighted by atomic mass is 10.2. The van der Waals surface area contributed by atoms with Gasteiger partial charge < -0.3 is 38.0 Å². The van der Waals surface area contributed by atoms with Crippen LogP contribution in [0.15, 0.2) is 4.99 Å². The van der Waals surface area contributed by atoms with Crippen molar-refractivity contribution in [3.8, 4) is 0 Å². The van der Waals surface area contributed by atoms with Gasteiger partial charge in [-0.15, -0.1) is 5.48 Å². The van der Waals surface area contributed by atoms with Crippen LogP contribution in [0.2, 0.25) is 0 Å². The fourth-order valence-corrected chi connectivity index (χ4v) is 1.13. The Balaban J connectivity index is 0. The summed E-state index contributed by atoms with van der Waals surface area (Å²) < 4.78 is 0. The van der Waals surface area contributed by atoms with E-state index in [1.54, 1.807) is 6.92 Å². The van der Waals surface area contributed by atoms with Crippen LogP contribution in [-0.4, -0.2) is 59.3 Å². The number of carboxylic acids is 2. The number of hydrogen-bond acceptors (Lipinski definition) is 8. The van der Waals surface area contributed by atoms with Gasteiger partial charge in [-0.05, 0) is 19.3 Å². The van der Waals surface area contributed by atoms with E-state index in [-0.39, 0.29) is 12.5 Å². The molecule has 0 amide bonds. The van der Waals surface area contributed by atoms with E-state index in [9.17, 15) is 14.4 Å². The monoisotopic (exact) mass is 350 g/mol. The lowest BCUT2D eigenvalue weighted by Gasteiger charge is -2.10. The highest BCUT2D eigenvalue weighted by atomic mass is 16.7. The Morgan fingerprint density at radius 3 is 2.17 bits per heavy atom. The van der Waals surface area contributed by atoms with E-state index in [1.807, 2.05) is 0 Å². The van der Waals surface area contributed by atoms with Gasteiger partial charge in [0.05, 0.1) is 6.54 Å². The zero-order chi connectivity index (χ0) is 19.1. The number of carbonyl (C=O) groups excluding carboxylic acids is 1. The molecule has 11 N–H and O–H groups in total. The quantitative estimate of drug-likeness (QED) is 0.0927. The average molecular weight is 350 g/mol. The minimum absolute atomic E-state index is 0.0129. The Bertz CT molecular complexity index is 426. The topological polar surface area (TPSA) is 229 Å². The minimum Gasteiger partial charge on any atom is -0.480 e. The number of nitrogens with one attached hydrogen (secondary N) is 1. The van der Waals surface area contributed by atoms with Gasteiger partial charge in [0, 0.05) is 6.54 Å². The molecule has 12 heteroatoms. The summed E-state index contributed by atoms with van der Waals surface area (Å²) in [6.07, 6.45) is 1.28. The van der Waals surface area contributed by atoms with Crippen molar-refractivity contribution >= 4 is 23.9 Å². The molecule has 12 nitrogen and oxygen atoms in total. The SMILES string of the molecule is CC[C@H](NOC(=O)CN)C(=O)O.NC(N)=NCCC[C@H](N)C(=O)O. The maximum atomic E-state index is 10.5. The van der Waals surface area contributed by atoms with Gasteiger partial charge >= 0.3 is 17.9 Å². The van der Waals surface area contributed by atoms with Gasteiger partial charge in [-0.3, -0.25) is 14.6 Å². The molecule has 0 spiro atoms. The summed E-state index contributed by atoms with van der Waals surface area (Å²) in [5, 5.41) is 16.9. The first-order valence-corrected chi connectivity index (χ1v) is 7.07. The van der Waals surface area contributed by atoms with Crippen LogP contribution in [0.3, 0.4) is 0 Å². The number of carboxylic acid groups (broad SMARTS) is 2. The predicted molar refractivity (Wildman–Crippen MR) is 85.5 cm³/mol. The van der Waals surface area contributed by atoms with Gasteiger partial charge in [-0.25, -0.2) is 4.79 Å². The van der Waals surface area contributed by atoms with Gasteiger partial charge in [0.15, 0.2) is 5.96 Å². The molecule has 0 radical (unpaired) electrons. The van der Waals surface area contributed by atoms with Gasteiger partial charge in [0.2, 0.25) is 0 Å². The Morgan fingerprint density at radius 2 is 1.79 bits per heavy atom. The van der Waals surface area contributed by atoms with E-state index in [2.05, 4.69) is 15.3 Å². The molecular formula is C12H26N6O6. The fraction of sp³-hybridized carbons (Fsp3) is 0.667. The Labute approximate surface area is 139 Å². The number of nitrogens with zero attached hydrogens (tertiary/aromatic N) is 1. The summed E-state index contributed by atoms with van der Waals surface area (Å²) in [5.41, 5.74) is 22.3. The zero-order valence-electron chi connectivity index (χ0n) is 13.5. The highest BCUT2D eigenvalue weighted by molar-refractivity contribution is 5.75. The smallest absolute Gasteiger partial charge is 0.338 e. The van der Waals surface area contributed by atoms with Crippen molar-refractivity contribution in [3.05, 3.63) is 0 Å². The molecule has 0 aromatic heterocycles. The van der Waals surface area contributed by atoms with Crippen molar-refractivity contribution in [2.45, 2.75) is 38.3 Å². The molecule has 0 rings (SSSR count). The van der Waals surface area contributed by atoms with Crippen molar-refractivity contribution in [2.24, 2.45) is 27.9 Å². The molecule has 24 heavy (non-hydrogen) atoms. The van der Waals surface area contributed by atoms with Crippen LogP contribution in [0.5, 0.6) is 0 Å². The van der Waals surface area contributed by atoms with E-state index >= 15 is 0 Å². The maximum Gasteiger partial charge on any atom is 0.338 e. The molecule has 0 saturated carbocycles. The van der Waals surface area contributed by atoms with E-state index in [4.69, 9.17) is 33.1 Å². The van der Waals surface area contributed by atoms with Crippen LogP contribution in [-0.2, 0) is 19.2 Å². The predicted octanol–water partition coefficient (Wildman–Crippen LogP) is -2.69. The molecule has 0 aliphatic rings. The van der Waals surface area contributed by atoms with E-state index in [0.717, 1.165) is 0 Å². The van der Waals surface area contributed by atoms with Gasteiger partial charge in [0.25, 0.3) is 0 Å². The number of carbonyl (C=O) groups is 3. The summed E-state index contributed by atoms with van der Waals surface area (Å²) in [5.74, 6) is -2.74. The lowest BCUT2D eigenvalue weighted by Crippen LogP contribution is -2.38. The van der Waals surface area contributed by atoms with Gasteiger partial charge in [-0.2, -0.15) is 0 Å². The van der Waals surface area contributed by atoms with E-state index in [0.29, 0.717) is 25.8 Å². The van der Waals surface area contributed by atoms with Crippen LogP contribution in [0.4, 0.5) is 0 Å². The Kier molecular flexibility index (Phi) is 14.1. The molecule has 0 aliphatic heterocycles. The standard InChI is InChI=1S/C6H14N4O2.C6H12N2O4/c7-4(5(11)12)2-1-3-10-6(8)9;1-2-4(6(10)11)8-12-5(9)3-7/h4H,1-3,7H2,(H,11,12)(H4,8,9,10);4,8H,2-3,7H2,1H3,(H,10,11)/t2*4-/m00/s1. The molecule has 0 bridgehead atoms. The Hall–Kier alpha value is -2.44. The van der Waals surface area contributed by atoms with Crippen molar-refractivity contribution in [1.29, 1.82) is 0 Å². The first-order chi connectivity index (χ1) is 11.1. The molecular weight excluding hydrogens is 324 g/mol. The lowest BCUT2D eigenvalue weighted by molar-refractivity contribution is -0.156. The largest absolute Gasteiger partial charge is 0.480 e. The molecule has 2 atom stereocenters. The first-order valence-electron chi connectivity index (χ1n) is 7.07. The second-order valence-electron chi connectivity index (χ2n) is 4.49. The van der Waals surface area contributed by atoms with Crippen molar-refractivity contribution < 1.29 is 29.4 Å². The van der Waals surface area contributed by atoms with E-state index in [1.165, 1.54) is 0 Å². The Morgan fingerprint density at radius 1 is 1.21 bits per heavy atom. The summed E-state index contributed by atoms with van der Waals surface area (Å²) in [6, 6.07) is -1.69. The molecule has 0 unspecified atom stereocenters. The van der Waals surface area contributed by atoms with Crippen molar-refractivity contribution in [1.82, 2.24) is 5.48 Å². The van der Waals surface area contributed by atoms with Gasteiger partial charge in [0.1, 0.15) is 12.1 Å². The second-order valence-corrected chi connectivity index (χ2v) is 4.49. The van der Waals surface area contributed by atoms with Crippen LogP contribution in [0.1, 0.15) is 26.2 Å². The summed E-state index contributed by atoms with van der Waals surface area (Å²) in [7, 11) is 0. The zero-order valence-corrected chi connectivity index (χ0v) is 13.5. The number of guanidine groups is 1. The third kappa shape index (κ3) is 14.5.